The van der Waals surface area contributed by atoms with Crippen LogP contribution in [0, 0.1) is 22.7 Å². The molecule has 54 heavy (non-hydrogen) atoms. The highest BCUT2D eigenvalue weighted by atomic mass is 35.5. The average molecular weight is 792 g/mol. The van der Waals surface area contributed by atoms with E-state index in [1.54, 1.807) is 62.4 Å². The minimum absolute atomic E-state index is 0.136. The molecule has 8 nitrogen and oxygen atoms in total. The predicted molar refractivity (Wildman–Crippen MR) is 215 cm³/mol. The summed E-state index contributed by atoms with van der Waals surface area (Å²) in [6.07, 6.45) is 0. The summed E-state index contributed by atoms with van der Waals surface area (Å²) in [7, 11) is 2.44. The number of carbonyl (C=O) groups is 2. The number of hydrogen-bond donors (Lipinski definition) is 2. The molecule has 0 aliphatic carbocycles. The number of rotatable bonds is 11. The highest BCUT2D eigenvalue weighted by Crippen LogP contribution is 2.51. The van der Waals surface area contributed by atoms with Crippen LogP contribution in [-0.2, 0) is 19.1 Å². The number of dihydropyridines is 2. The summed E-state index contributed by atoms with van der Waals surface area (Å²) in [5.41, 5.74) is 4.82. The molecule has 0 radical (unpaired) electrons. The molecule has 6 rings (SSSR count). The minimum atomic E-state index is -0.813. The van der Waals surface area contributed by atoms with Crippen molar-refractivity contribution in [2.75, 3.05) is 13.2 Å². The first-order valence-electron chi connectivity index (χ1n) is 16.9. The third-order valence-electron chi connectivity index (χ3n) is 8.63. The Morgan fingerprint density at radius 1 is 0.611 bits per heavy atom. The predicted octanol–water partition coefficient (Wildman–Crippen LogP) is 9.87. The first-order chi connectivity index (χ1) is 26.3. The van der Waals surface area contributed by atoms with Crippen LogP contribution in [0.5, 0.6) is 0 Å². The van der Waals surface area contributed by atoms with E-state index in [4.69, 9.17) is 32.7 Å². The maximum Gasteiger partial charge on any atom is 0.337 e. The Labute approximate surface area is 331 Å². The van der Waals surface area contributed by atoms with Crippen molar-refractivity contribution >= 4 is 68.1 Å². The molecule has 0 amide bonds. The second-order valence-electron chi connectivity index (χ2n) is 11.8. The number of hydrogen-bond acceptors (Lipinski definition) is 10. The Balaban J connectivity index is 1.50. The molecule has 0 saturated heterocycles. The molecule has 0 spiro atoms. The van der Waals surface area contributed by atoms with Gasteiger partial charge in [-0.2, -0.15) is 10.5 Å². The lowest BCUT2D eigenvalue weighted by Crippen LogP contribution is -2.30. The van der Waals surface area contributed by atoms with Crippen LogP contribution in [0.4, 0.5) is 0 Å². The van der Waals surface area contributed by atoms with Crippen molar-refractivity contribution in [2.45, 2.75) is 25.7 Å². The van der Waals surface area contributed by atoms with E-state index in [1.165, 1.54) is 21.6 Å². The SMILES string of the molecule is CCOC(=O)C1=C(c2ccccc2)NC(SSC2=C(C#N)C(c3ccc(Cl)cc3)C(C(=O)OCC)=C(c3ccccc3)N2)=C(C#N)C1c1ccc(Cl)cc1. The number of carbonyl (C=O) groups excluding carboxylic acids is 2. The van der Waals surface area contributed by atoms with Crippen LogP contribution in [0.3, 0.4) is 0 Å². The molecule has 12 heteroatoms. The Bertz CT molecular complexity index is 2110. The van der Waals surface area contributed by atoms with Crippen molar-refractivity contribution < 1.29 is 19.1 Å². The highest BCUT2D eigenvalue weighted by molar-refractivity contribution is 8.79. The van der Waals surface area contributed by atoms with Crippen LogP contribution in [0.1, 0.15) is 47.9 Å². The van der Waals surface area contributed by atoms with E-state index in [0.717, 1.165) is 0 Å². The van der Waals surface area contributed by atoms with Gasteiger partial charge < -0.3 is 20.1 Å². The molecule has 0 saturated carbocycles. The zero-order valence-electron chi connectivity index (χ0n) is 29.1. The number of nitriles is 2. The number of nitrogens with one attached hydrogen (secondary N) is 2. The summed E-state index contributed by atoms with van der Waals surface area (Å²) in [6.45, 7) is 3.73. The van der Waals surface area contributed by atoms with Crippen molar-refractivity contribution in [1.29, 1.82) is 10.5 Å². The monoisotopic (exact) mass is 790 g/mol. The first kappa shape index (κ1) is 38.4. The van der Waals surface area contributed by atoms with Crippen molar-refractivity contribution in [3.63, 3.8) is 0 Å². The van der Waals surface area contributed by atoms with Crippen LogP contribution in [-0.4, -0.2) is 25.2 Å². The number of halogens is 2. The van der Waals surface area contributed by atoms with Gasteiger partial charge in [0.2, 0.25) is 0 Å². The fourth-order valence-corrected chi connectivity index (χ4v) is 8.78. The second kappa shape index (κ2) is 17.6. The summed E-state index contributed by atoms with van der Waals surface area (Å²) in [6, 6.07) is 37.4. The summed E-state index contributed by atoms with van der Waals surface area (Å²) >= 11 is 12.5. The van der Waals surface area contributed by atoms with E-state index in [1.807, 2.05) is 60.7 Å². The second-order valence-corrected chi connectivity index (χ2v) is 14.9. The Kier molecular flexibility index (Phi) is 12.5. The Morgan fingerprint density at radius 2 is 0.963 bits per heavy atom. The number of nitrogens with zero attached hydrogens (tertiary/aromatic N) is 2. The Hall–Kier alpha value is -5.36. The van der Waals surface area contributed by atoms with Gasteiger partial charge in [0.05, 0.1) is 80.9 Å². The molecule has 0 bridgehead atoms. The minimum Gasteiger partial charge on any atom is -0.463 e. The van der Waals surface area contributed by atoms with Gasteiger partial charge in [0.1, 0.15) is 0 Å². The smallest absolute Gasteiger partial charge is 0.337 e. The lowest BCUT2D eigenvalue weighted by Gasteiger charge is -2.32. The highest BCUT2D eigenvalue weighted by Gasteiger charge is 2.40. The first-order valence-corrected chi connectivity index (χ1v) is 19.8. The van der Waals surface area contributed by atoms with Crippen molar-refractivity contribution in [3.05, 3.63) is 174 Å². The third kappa shape index (κ3) is 8.08. The molecular formula is C42H32Cl2N4O4S2. The quantitative estimate of drug-likeness (QED) is 0.112. The lowest BCUT2D eigenvalue weighted by molar-refractivity contribution is -0.139. The molecule has 2 heterocycles. The van der Waals surface area contributed by atoms with E-state index in [-0.39, 0.29) is 35.5 Å². The summed E-state index contributed by atoms with van der Waals surface area (Å²) < 4.78 is 11.1. The Morgan fingerprint density at radius 3 is 1.28 bits per heavy atom. The third-order valence-corrected chi connectivity index (χ3v) is 11.4. The van der Waals surface area contributed by atoms with Gasteiger partial charge >= 0.3 is 11.9 Å². The fourth-order valence-electron chi connectivity index (χ4n) is 6.28. The summed E-state index contributed by atoms with van der Waals surface area (Å²) in [5.74, 6) is -2.75. The maximum absolute atomic E-state index is 13.8. The van der Waals surface area contributed by atoms with Crippen LogP contribution >= 0.6 is 44.8 Å². The molecule has 2 atom stereocenters. The van der Waals surface area contributed by atoms with Gasteiger partial charge in [0.15, 0.2) is 0 Å². The van der Waals surface area contributed by atoms with Crippen LogP contribution in [0.15, 0.2) is 142 Å². The summed E-state index contributed by atoms with van der Waals surface area (Å²) in [4.78, 5) is 27.6. The molecular weight excluding hydrogens is 760 g/mol. The number of esters is 2. The van der Waals surface area contributed by atoms with E-state index in [9.17, 15) is 20.1 Å². The van der Waals surface area contributed by atoms with E-state index < -0.39 is 23.8 Å². The van der Waals surface area contributed by atoms with Crippen molar-refractivity contribution in [2.24, 2.45) is 0 Å². The normalized spacial score (nSPS) is 16.9. The molecule has 2 unspecified atom stereocenters. The number of allylic oxidation sites excluding steroid dienone is 2. The van der Waals surface area contributed by atoms with Gasteiger partial charge in [-0.15, -0.1) is 0 Å². The molecule has 4 aromatic carbocycles. The average Bonchev–Trinajstić information content (AvgIpc) is 3.20. The van der Waals surface area contributed by atoms with Gasteiger partial charge in [0.25, 0.3) is 0 Å². The summed E-state index contributed by atoms with van der Waals surface area (Å²) in [5, 5.41) is 30.3. The van der Waals surface area contributed by atoms with Gasteiger partial charge in [-0.05, 0) is 82.0 Å². The molecule has 0 fully saturated rings. The molecule has 4 aromatic rings. The molecule has 2 aliphatic heterocycles. The van der Waals surface area contributed by atoms with E-state index >= 15 is 0 Å². The van der Waals surface area contributed by atoms with Gasteiger partial charge in [-0.3, -0.25) is 0 Å². The van der Waals surface area contributed by atoms with E-state index in [0.29, 0.717) is 53.8 Å². The van der Waals surface area contributed by atoms with Gasteiger partial charge in [0, 0.05) is 10.0 Å². The van der Waals surface area contributed by atoms with Crippen LogP contribution in [0.25, 0.3) is 11.4 Å². The lowest BCUT2D eigenvalue weighted by atomic mass is 9.81. The zero-order valence-corrected chi connectivity index (χ0v) is 32.2. The van der Waals surface area contributed by atoms with E-state index in [2.05, 4.69) is 22.8 Å². The number of benzene rings is 4. The van der Waals surface area contributed by atoms with Crippen molar-refractivity contribution in [1.82, 2.24) is 10.6 Å². The number of ether oxygens (including phenoxy) is 2. The van der Waals surface area contributed by atoms with Crippen LogP contribution in [0.2, 0.25) is 10.0 Å². The molecule has 2 N–H and O–H groups in total. The fraction of sp³-hybridized carbons (Fsp3) is 0.143. The maximum atomic E-state index is 13.8. The van der Waals surface area contributed by atoms with Gasteiger partial charge in [-0.1, -0.05) is 108 Å². The molecule has 2 aliphatic rings. The zero-order chi connectivity index (χ0) is 38.2. The van der Waals surface area contributed by atoms with Gasteiger partial charge in [-0.25, -0.2) is 9.59 Å². The van der Waals surface area contributed by atoms with Crippen LogP contribution < -0.4 is 10.6 Å². The van der Waals surface area contributed by atoms with Crippen molar-refractivity contribution in [3.8, 4) is 12.1 Å². The standard InChI is InChI=1S/C42H32Cl2N4O4S2/c1-3-51-41(49)35-33(25-15-19-29(43)20-16-25)31(23-45)39(47-37(35)27-11-7-5-8-12-27)53-54-40-32(24-46)34(26-17-21-30(44)22-18-26)36(42(50)52-4-2)38(48-40)28-13-9-6-10-14-28/h5-22,33-34,47-48H,3-4H2,1-2H3. The topological polar surface area (TPSA) is 124 Å². The molecule has 0 aromatic heterocycles. The largest absolute Gasteiger partial charge is 0.463 e. The molecule has 270 valence electrons.